The van der Waals surface area contributed by atoms with E-state index in [2.05, 4.69) is 5.32 Å². The quantitative estimate of drug-likeness (QED) is 0.448. The Morgan fingerprint density at radius 2 is 2.17 bits per heavy atom. The van der Waals surface area contributed by atoms with Crippen LogP contribution in [0.25, 0.3) is 0 Å². The first-order valence-corrected chi connectivity index (χ1v) is 6.39. The number of carbonyl (C=O) groups is 2. The van der Waals surface area contributed by atoms with Crippen molar-refractivity contribution in [3.63, 3.8) is 0 Å². The Hall–Kier alpha value is -0.940. The van der Waals surface area contributed by atoms with Gasteiger partial charge < -0.3 is 19.6 Å². The van der Waals surface area contributed by atoms with Crippen molar-refractivity contribution in [3.05, 3.63) is 0 Å². The van der Waals surface area contributed by atoms with Crippen LogP contribution in [0.1, 0.15) is 27.2 Å². The van der Waals surface area contributed by atoms with Gasteiger partial charge in [-0.15, -0.1) is 0 Å². The molecular weight excluding hydrogens is 234 g/mol. The van der Waals surface area contributed by atoms with Crippen LogP contribution in [0.15, 0.2) is 0 Å². The molecule has 0 amide bonds. The summed E-state index contributed by atoms with van der Waals surface area (Å²) in [6, 6.07) is 0. The van der Waals surface area contributed by atoms with E-state index in [1.807, 2.05) is 20.8 Å². The molecule has 1 rings (SSSR count). The molecule has 0 aromatic rings. The minimum absolute atomic E-state index is 0.0883. The molecule has 1 aliphatic rings. The Labute approximate surface area is 108 Å². The third-order valence-corrected chi connectivity index (χ3v) is 2.85. The predicted molar refractivity (Wildman–Crippen MR) is 67.2 cm³/mol. The first-order valence-electron chi connectivity index (χ1n) is 6.39. The monoisotopic (exact) mass is 257 g/mol. The lowest BCUT2D eigenvalue weighted by atomic mass is 9.87. The number of ether oxygens (including phenoxy) is 2. The van der Waals surface area contributed by atoms with E-state index in [4.69, 9.17) is 9.47 Å². The first-order chi connectivity index (χ1) is 8.44. The van der Waals surface area contributed by atoms with Gasteiger partial charge in [-0.3, -0.25) is 4.79 Å². The second kappa shape index (κ2) is 6.85. The van der Waals surface area contributed by atoms with Crippen molar-refractivity contribution in [2.45, 2.75) is 32.8 Å². The summed E-state index contributed by atoms with van der Waals surface area (Å²) < 4.78 is 10.6. The number of carbonyl (C=O) groups excluding carboxylic acids is 2. The Balaban J connectivity index is 2.52. The zero-order valence-corrected chi connectivity index (χ0v) is 11.4. The number of rotatable bonds is 5. The number of nitrogens with one attached hydrogen (secondary N) is 1. The van der Waals surface area contributed by atoms with E-state index in [1.165, 1.54) is 0 Å². The molecule has 1 saturated heterocycles. The highest BCUT2D eigenvalue weighted by molar-refractivity contribution is 5.73. The summed E-state index contributed by atoms with van der Waals surface area (Å²) in [5.41, 5.74) is -0.470. The molecule has 0 aromatic heterocycles. The van der Waals surface area contributed by atoms with Crippen molar-refractivity contribution < 1.29 is 19.1 Å². The number of aldehydes is 1. The minimum Gasteiger partial charge on any atom is -0.460 e. The number of hydrogen-bond donors (Lipinski definition) is 1. The van der Waals surface area contributed by atoms with Crippen molar-refractivity contribution in [2.75, 3.05) is 26.3 Å². The Kier molecular flexibility index (Phi) is 5.75. The van der Waals surface area contributed by atoms with Gasteiger partial charge in [-0.05, 0) is 39.7 Å². The molecule has 0 radical (unpaired) electrons. The lowest BCUT2D eigenvalue weighted by Gasteiger charge is -2.32. The molecule has 1 fully saturated rings. The zero-order chi connectivity index (χ0) is 13.6. The Bertz CT molecular complexity index is 285. The first kappa shape index (κ1) is 15.1. The molecule has 0 aliphatic carbocycles. The van der Waals surface area contributed by atoms with Gasteiger partial charge in [0.2, 0.25) is 0 Å². The molecule has 0 bridgehead atoms. The van der Waals surface area contributed by atoms with E-state index in [0.29, 0.717) is 13.2 Å². The number of esters is 1. The SMILES string of the molecule is CC(C)(C)OC(=O)C1CNCCC1COCC=O. The maximum Gasteiger partial charge on any atom is 0.311 e. The second-order valence-electron chi connectivity index (χ2n) is 5.60. The summed E-state index contributed by atoms with van der Waals surface area (Å²) in [6.07, 6.45) is 1.59. The Morgan fingerprint density at radius 1 is 1.44 bits per heavy atom. The van der Waals surface area contributed by atoms with E-state index >= 15 is 0 Å². The molecule has 2 atom stereocenters. The van der Waals surface area contributed by atoms with Crippen molar-refractivity contribution in [2.24, 2.45) is 11.8 Å². The normalized spacial score (nSPS) is 24.6. The fraction of sp³-hybridized carbons (Fsp3) is 0.846. The van der Waals surface area contributed by atoms with Gasteiger partial charge in [-0.25, -0.2) is 0 Å². The van der Waals surface area contributed by atoms with E-state index < -0.39 is 5.60 Å². The third kappa shape index (κ3) is 5.14. The van der Waals surface area contributed by atoms with Crippen LogP contribution in [0.5, 0.6) is 0 Å². The highest BCUT2D eigenvalue weighted by Crippen LogP contribution is 2.23. The molecular formula is C13H23NO4. The molecule has 1 heterocycles. The maximum absolute atomic E-state index is 12.1. The molecule has 104 valence electrons. The van der Waals surface area contributed by atoms with Gasteiger partial charge in [0, 0.05) is 6.54 Å². The summed E-state index contributed by atoms with van der Waals surface area (Å²) in [5, 5.41) is 3.20. The zero-order valence-electron chi connectivity index (χ0n) is 11.4. The van der Waals surface area contributed by atoms with Gasteiger partial charge in [0.05, 0.1) is 12.5 Å². The van der Waals surface area contributed by atoms with Crippen LogP contribution in [0.2, 0.25) is 0 Å². The van der Waals surface area contributed by atoms with Gasteiger partial charge in [-0.2, -0.15) is 0 Å². The summed E-state index contributed by atoms with van der Waals surface area (Å²) in [4.78, 5) is 22.3. The van der Waals surface area contributed by atoms with Crippen LogP contribution in [-0.2, 0) is 19.1 Å². The standard InChI is InChI=1S/C13H23NO4/c1-13(2,3)18-12(16)11-8-14-5-4-10(11)9-17-7-6-15/h6,10-11,14H,4-5,7-9H2,1-3H3. The summed E-state index contributed by atoms with van der Waals surface area (Å²) in [6.45, 7) is 7.59. The molecule has 5 nitrogen and oxygen atoms in total. The molecule has 18 heavy (non-hydrogen) atoms. The van der Waals surface area contributed by atoms with Crippen LogP contribution >= 0.6 is 0 Å². The van der Waals surface area contributed by atoms with Gasteiger partial charge in [0.15, 0.2) is 0 Å². The van der Waals surface area contributed by atoms with Crippen molar-refractivity contribution >= 4 is 12.3 Å². The van der Waals surface area contributed by atoms with Gasteiger partial charge in [-0.1, -0.05) is 0 Å². The highest BCUT2D eigenvalue weighted by atomic mass is 16.6. The number of piperidine rings is 1. The van der Waals surface area contributed by atoms with Crippen LogP contribution < -0.4 is 5.32 Å². The molecule has 5 heteroatoms. The third-order valence-electron chi connectivity index (χ3n) is 2.85. The lowest BCUT2D eigenvalue weighted by molar-refractivity contribution is -0.163. The van der Waals surface area contributed by atoms with Crippen molar-refractivity contribution in [3.8, 4) is 0 Å². The van der Waals surface area contributed by atoms with Crippen LogP contribution in [-0.4, -0.2) is 44.2 Å². The molecule has 2 unspecified atom stereocenters. The maximum atomic E-state index is 12.1. The highest BCUT2D eigenvalue weighted by Gasteiger charge is 2.34. The van der Waals surface area contributed by atoms with Gasteiger partial charge in [0.1, 0.15) is 18.5 Å². The predicted octanol–water partition coefficient (Wildman–Crippen LogP) is 0.769. The fourth-order valence-corrected chi connectivity index (χ4v) is 2.03. The van der Waals surface area contributed by atoms with Crippen LogP contribution in [0.3, 0.4) is 0 Å². The average Bonchev–Trinajstić information content (AvgIpc) is 2.27. The largest absolute Gasteiger partial charge is 0.460 e. The van der Waals surface area contributed by atoms with E-state index in [1.54, 1.807) is 0 Å². The molecule has 0 aromatic carbocycles. The van der Waals surface area contributed by atoms with Gasteiger partial charge in [0.25, 0.3) is 0 Å². The minimum atomic E-state index is -0.470. The fourth-order valence-electron chi connectivity index (χ4n) is 2.03. The van der Waals surface area contributed by atoms with Crippen molar-refractivity contribution in [1.82, 2.24) is 5.32 Å². The molecule has 0 saturated carbocycles. The smallest absolute Gasteiger partial charge is 0.311 e. The van der Waals surface area contributed by atoms with Gasteiger partial charge >= 0.3 is 5.97 Å². The molecule has 0 spiro atoms. The van der Waals surface area contributed by atoms with E-state index in [0.717, 1.165) is 19.3 Å². The second-order valence-corrected chi connectivity index (χ2v) is 5.60. The Morgan fingerprint density at radius 3 is 2.78 bits per heavy atom. The van der Waals surface area contributed by atoms with Crippen LogP contribution in [0, 0.1) is 11.8 Å². The summed E-state index contributed by atoms with van der Waals surface area (Å²) >= 11 is 0. The van der Waals surface area contributed by atoms with Crippen molar-refractivity contribution in [1.29, 1.82) is 0 Å². The van der Waals surface area contributed by atoms with E-state index in [-0.39, 0.29) is 24.4 Å². The molecule has 1 N–H and O–H groups in total. The molecule has 1 aliphatic heterocycles. The van der Waals surface area contributed by atoms with Crippen LogP contribution in [0.4, 0.5) is 0 Å². The summed E-state index contributed by atoms with van der Waals surface area (Å²) in [7, 11) is 0. The average molecular weight is 257 g/mol. The topological polar surface area (TPSA) is 64.6 Å². The van der Waals surface area contributed by atoms with E-state index in [9.17, 15) is 9.59 Å². The lowest BCUT2D eigenvalue weighted by Crippen LogP contribution is -2.45. The number of hydrogen-bond acceptors (Lipinski definition) is 5. The summed E-state index contributed by atoms with van der Waals surface area (Å²) in [5.74, 6) is -0.250.